The predicted molar refractivity (Wildman–Crippen MR) is 117 cm³/mol. The van der Waals surface area contributed by atoms with Crippen LogP contribution in [0.3, 0.4) is 0 Å². The van der Waals surface area contributed by atoms with E-state index in [0.29, 0.717) is 25.3 Å². The van der Waals surface area contributed by atoms with E-state index in [-0.39, 0.29) is 0 Å². The minimum absolute atomic E-state index is 0.488. The number of fused-ring (bicyclic) bond motifs is 1. The van der Waals surface area contributed by atoms with Gasteiger partial charge >= 0.3 is 5.97 Å². The van der Waals surface area contributed by atoms with E-state index in [9.17, 15) is 4.79 Å². The van der Waals surface area contributed by atoms with Gasteiger partial charge in [-0.15, -0.1) is 11.8 Å². The first-order valence-corrected chi connectivity index (χ1v) is 11.1. The zero-order valence-electron chi connectivity index (χ0n) is 17.0. The van der Waals surface area contributed by atoms with E-state index >= 15 is 0 Å². The Balaban J connectivity index is 1.37. The molecule has 0 radical (unpaired) electrons. The molecule has 6 nitrogen and oxygen atoms in total. The van der Waals surface area contributed by atoms with E-state index in [1.165, 1.54) is 4.90 Å². The van der Waals surface area contributed by atoms with Crippen molar-refractivity contribution in [1.29, 1.82) is 0 Å². The molecule has 156 valence electrons. The van der Waals surface area contributed by atoms with Gasteiger partial charge in [0.05, 0.1) is 12.3 Å². The third-order valence-corrected chi connectivity index (χ3v) is 5.99. The number of aromatic nitrogens is 1. The van der Waals surface area contributed by atoms with Crippen LogP contribution in [0.15, 0.2) is 51.8 Å². The van der Waals surface area contributed by atoms with Crippen molar-refractivity contribution in [2.75, 3.05) is 18.2 Å². The van der Waals surface area contributed by atoms with Crippen molar-refractivity contribution < 1.29 is 19.1 Å². The Morgan fingerprint density at radius 1 is 1.30 bits per heavy atom. The second-order valence-corrected chi connectivity index (χ2v) is 8.12. The molecular weight excluding hydrogens is 400 g/mol. The highest BCUT2D eigenvalue weighted by atomic mass is 32.2. The molecule has 0 fully saturated rings. The lowest BCUT2D eigenvalue weighted by Crippen LogP contribution is -2.33. The number of carbonyl (C=O) groups is 1. The molecule has 4 rings (SSSR count). The van der Waals surface area contributed by atoms with Gasteiger partial charge in [0.25, 0.3) is 0 Å². The van der Waals surface area contributed by atoms with E-state index in [4.69, 9.17) is 14.3 Å². The number of nitrogens with one attached hydrogen (secondary N) is 1. The fourth-order valence-electron chi connectivity index (χ4n) is 3.54. The summed E-state index contributed by atoms with van der Waals surface area (Å²) < 4.78 is 11.8. The number of oxazole rings is 1. The summed E-state index contributed by atoms with van der Waals surface area (Å²) in [7, 11) is 0. The normalized spacial score (nSPS) is 15.3. The van der Waals surface area contributed by atoms with Crippen molar-refractivity contribution in [3.63, 3.8) is 0 Å². The molecule has 1 unspecified atom stereocenters. The summed E-state index contributed by atoms with van der Waals surface area (Å²) in [4.78, 5) is 17.0. The average molecular weight is 425 g/mol. The van der Waals surface area contributed by atoms with Crippen LogP contribution in [-0.4, -0.2) is 35.0 Å². The van der Waals surface area contributed by atoms with Gasteiger partial charge in [-0.2, -0.15) is 0 Å². The molecule has 2 aromatic carbocycles. The molecule has 0 spiro atoms. The maximum absolute atomic E-state index is 11.2. The number of ether oxygens (including phenoxy) is 1. The second-order valence-electron chi connectivity index (χ2n) is 7.24. The number of anilines is 1. The van der Waals surface area contributed by atoms with Crippen molar-refractivity contribution >= 4 is 23.4 Å². The minimum atomic E-state index is -0.816. The molecule has 30 heavy (non-hydrogen) atoms. The van der Waals surface area contributed by atoms with Gasteiger partial charge in [-0.3, -0.25) is 0 Å². The molecule has 3 aromatic rings. The number of carboxylic acid groups (broad SMARTS) is 1. The van der Waals surface area contributed by atoms with Crippen LogP contribution in [0, 0.1) is 6.92 Å². The maximum Gasteiger partial charge on any atom is 0.326 e. The third kappa shape index (κ3) is 4.46. The molecule has 0 saturated carbocycles. The van der Waals surface area contributed by atoms with Crippen molar-refractivity contribution in [1.82, 2.24) is 4.98 Å². The van der Waals surface area contributed by atoms with Crippen LogP contribution in [0.2, 0.25) is 0 Å². The fraction of sp³-hybridized carbons (Fsp3) is 0.304. The van der Waals surface area contributed by atoms with Gasteiger partial charge < -0.3 is 19.6 Å². The Morgan fingerprint density at radius 2 is 2.10 bits per heavy atom. The van der Waals surface area contributed by atoms with Crippen molar-refractivity contribution in [2.24, 2.45) is 0 Å². The number of aliphatic carboxylic acids is 1. The van der Waals surface area contributed by atoms with Gasteiger partial charge in [-0.25, -0.2) is 9.78 Å². The Labute approximate surface area is 179 Å². The van der Waals surface area contributed by atoms with Gasteiger partial charge in [0, 0.05) is 22.6 Å². The Kier molecular flexibility index (Phi) is 5.99. The minimum Gasteiger partial charge on any atom is -0.493 e. The van der Waals surface area contributed by atoms with Gasteiger partial charge in [-0.05, 0) is 74.0 Å². The van der Waals surface area contributed by atoms with Gasteiger partial charge in [0.1, 0.15) is 17.6 Å². The molecular formula is C23H24N2O4S. The SMILES string of the molecule is CSc1ccc(-c2nc(CCOc3ccc4c(c3)CCC(C(=O)O)N4)c(C)o2)cc1. The van der Waals surface area contributed by atoms with E-state index in [1.54, 1.807) is 11.8 Å². The second kappa shape index (κ2) is 8.83. The van der Waals surface area contributed by atoms with Crippen LogP contribution in [0.25, 0.3) is 11.5 Å². The zero-order chi connectivity index (χ0) is 21.1. The number of benzene rings is 2. The maximum atomic E-state index is 11.2. The number of carboxylic acids is 1. The number of rotatable bonds is 7. The molecule has 7 heteroatoms. The number of nitrogens with zero attached hydrogens (tertiary/aromatic N) is 1. The first-order valence-electron chi connectivity index (χ1n) is 9.89. The summed E-state index contributed by atoms with van der Waals surface area (Å²) in [6, 6.07) is 13.4. The highest BCUT2D eigenvalue weighted by molar-refractivity contribution is 7.98. The smallest absolute Gasteiger partial charge is 0.326 e. The van der Waals surface area contributed by atoms with Gasteiger partial charge in [0.2, 0.25) is 5.89 Å². The van der Waals surface area contributed by atoms with Crippen LogP contribution in [0.5, 0.6) is 5.75 Å². The lowest BCUT2D eigenvalue weighted by atomic mass is 9.98. The van der Waals surface area contributed by atoms with E-state index in [1.807, 2.05) is 43.5 Å². The quantitative estimate of drug-likeness (QED) is 0.527. The average Bonchev–Trinajstić information content (AvgIpc) is 3.13. The standard InChI is InChI=1S/C23H24N2O4S/c1-14-19(25-22(29-14)15-3-7-18(30-2)8-4-15)11-12-28-17-6-10-20-16(13-17)5-9-21(24-20)23(26)27/h3-4,6-8,10,13,21,24H,5,9,11-12H2,1-2H3,(H,26,27). The van der Waals surface area contributed by atoms with Crippen LogP contribution in [0.4, 0.5) is 5.69 Å². The summed E-state index contributed by atoms with van der Waals surface area (Å²) in [6.07, 6.45) is 3.99. The molecule has 0 saturated heterocycles. The van der Waals surface area contributed by atoms with E-state index in [0.717, 1.165) is 40.4 Å². The fourth-order valence-corrected chi connectivity index (χ4v) is 3.94. The summed E-state index contributed by atoms with van der Waals surface area (Å²) in [5.74, 6) is 1.39. The first kappa shape index (κ1) is 20.3. The number of aryl methyl sites for hydroxylation is 2. The molecule has 1 aromatic heterocycles. The monoisotopic (exact) mass is 424 g/mol. The van der Waals surface area contributed by atoms with Crippen LogP contribution >= 0.6 is 11.8 Å². The number of hydrogen-bond donors (Lipinski definition) is 2. The Morgan fingerprint density at radius 3 is 2.83 bits per heavy atom. The highest BCUT2D eigenvalue weighted by Gasteiger charge is 2.23. The topological polar surface area (TPSA) is 84.6 Å². The summed E-state index contributed by atoms with van der Waals surface area (Å²) in [5, 5.41) is 12.2. The molecule has 1 aliphatic heterocycles. The molecule has 2 N–H and O–H groups in total. The largest absolute Gasteiger partial charge is 0.493 e. The lowest BCUT2D eigenvalue weighted by Gasteiger charge is -2.24. The lowest BCUT2D eigenvalue weighted by molar-refractivity contribution is -0.138. The van der Waals surface area contributed by atoms with Crippen molar-refractivity contribution in [3.05, 3.63) is 59.5 Å². The van der Waals surface area contributed by atoms with Crippen molar-refractivity contribution in [2.45, 2.75) is 37.1 Å². The summed E-state index contributed by atoms with van der Waals surface area (Å²) in [5.41, 5.74) is 3.80. The molecule has 0 aliphatic carbocycles. The summed E-state index contributed by atoms with van der Waals surface area (Å²) >= 11 is 1.70. The Bertz CT molecular complexity index is 1050. The molecule has 0 amide bonds. The Hall–Kier alpha value is -2.93. The van der Waals surface area contributed by atoms with Crippen LogP contribution in [0.1, 0.15) is 23.4 Å². The van der Waals surface area contributed by atoms with Crippen molar-refractivity contribution in [3.8, 4) is 17.2 Å². The molecule has 0 bridgehead atoms. The highest BCUT2D eigenvalue weighted by Crippen LogP contribution is 2.29. The molecule has 2 heterocycles. The molecule has 1 aliphatic rings. The number of thioether (sulfide) groups is 1. The number of hydrogen-bond acceptors (Lipinski definition) is 6. The van der Waals surface area contributed by atoms with Crippen LogP contribution < -0.4 is 10.1 Å². The van der Waals surface area contributed by atoms with Gasteiger partial charge in [-0.1, -0.05) is 0 Å². The van der Waals surface area contributed by atoms with E-state index < -0.39 is 12.0 Å². The van der Waals surface area contributed by atoms with E-state index in [2.05, 4.69) is 22.4 Å². The first-order chi connectivity index (χ1) is 14.5. The summed E-state index contributed by atoms with van der Waals surface area (Å²) in [6.45, 7) is 2.41. The van der Waals surface area contributed by atoms with Gasteiger partial charge in [0.15, 0.2) is 0 Å². The molecule has 1 atom stereocenters. The third-order valence-electron chi connectivity index (χ3n) is 5.24. The van der Waals surface area contributed by atoms with Crippen LogP contribution in [-0.2, 0) is 17.6 Å². The zero-order valence-corrected chi connectivity index (χ0v) is 17.8. The predicted octanol–water partition coefficient (Wildman–Crippen LogP) is 4.80.